The number of benzene rings is 1. The fourth-order valence-corrected chi connectivity index (χ4v) is 5.38. The molecular weight excluding hydrogens is 348 g/mol. The zero-order valence-electron chi connectivity index (χ0n) is 17.6. The highest BCUT2D eigenvalue weighted by molar-refractivity contribution is 5.80. The van der Waals surface area contributed by atoms with Crippen LogP contribution in [0.25, 0.3) is 0 Å². The van der Waals surface area contributed by atoms with Gasteiger partial charge in [0.25, 0.3) is 0 Å². The summed E-state index contributed by atoms with van der Waals surface area (Å²) < 4.78 is 5.55. The molecule has 1 atom stereocenters. The third-order valence-electron chi connectivity index (χ3n) is 6.95. The second-order valence-electron chi connectivity index (χ2n) is 8.85. The molecule has 1 unspecified atom stereocenters. The Morgan fingerprint density at radius 2 is 2.04 bits per heavy atom. The predicted molar refractivity (Wildman–Crippen MR) is 116 cm³/mol. The zero-order chi connectivity index (χ0) is 19.4. The number of methoxy groups -OCH3 is 1. The standard InChI is InChI=1S/C23H36N4O/c1-3-24-22(27-15-13-23(18-27)11-6-7-12-23)25-16-19-10-14-26(17-19)20-8-4-5-9-21(20)28-2/h4-5,8-9,19H,3,6-7,10-18H2,1-2H3,(H,24,25). The summed E-state index contributed by atoms with van der Waals surface area (Å²) in [4.78, 5) is 10.1. The average molecular weight is 385 g/mol. The highest BCUT2D eigenvalue weighted by atomic mass is 16.5. The third-order valence-corrected chi connectivity index (χ3v) is 6.95. The lowest BCUT2D eigenvalue weighted by Gasteiger charge is -2.26. The van der Waals surface area contributed by atoms with Crippen molar-refractivity contribution in [2.24, 2.45) is 16.3 Å². The van der Waals surface area contributed by atoms with E-state index in [4.69, 9.17) is 9.73 Å². The van der Waals surface area contributed by atoms with Gasteiger partial charge in [0.05, 0.1) is 12.8 Å². The van der Waals surface area contributed by atoms with Crippen molar-refractivity contribution in [3.8, 4) is 5.75 Å². The molecule has 1 aromatic rings. The van der Waals surface area contributed by atoms with Gasteiger partial charge >= 0.3 is 0 Å². The highest BCUT2D eigenvalue weighted by Crippen LogP contribution is 2.45. The van der Waals surface area contributed by atoms with Crippen LogP contribution in [-0.4, -0.2) is 57.2 Å². The number of hydrogen-bond donors (Lipinski definition) is 1. The smallest absolute Gasteiger partial charge is 0.193 e. The lowest BCUT2D eigenvalue weighted by atomic mass is 9.86. The monoisotopic (exact) mass is 384 g/mol. The molecule has 2 heterocycles. The van der Waals surface area contributed by atoms with Gasteiger partial charge in [-0.1, -0.05) is 25.0 Å². The van der Waals surface area contributed by atoms with E-state index in [1.165, 1.54) is 57.3 Å². The summed E-state index contributed by atoms with van der Waals surface area (Å²) in [5.41, 5.74) is 1.80. The van der Waals surface area contributed by atoms with Crippen molar-refractivity contribution in [2.75, 3.05) is 51.3 Å². The molecule has 154 valence electrons. The lowest BCUT2D eigenvalue weighted by Crippen LogP contribution is -2.41. The van der Waals surface area contributed by atoms with Gasteiger partial charge in [0.1, 0.15) is 5.75 Å². The Bertz CT molecular complexity index is 683. The van der Waals surface area contributed by atoms with Crippen LogP contribution in [0.4, 0.5) is 5.69 Å². The van der Waals surface area contributed by atoms with Crippen LogP contribution in [0.1, 0.15) is 45.4 Å². The largest absolute Gasteiger partial charge is 0.495 e. The maximum atomic E-state index is 5.55. The minimum atomic E-state index is 0.588. The number of ether oxygens (including phenoxy) is 1. The normalized spacial score (nSPS) is 24.4. The van der Waals surface area contributed by atoms with Crippen LogP contribution >= 0.6 is 0 Å². The molecule has 4 rings (SSSR count). The van der Waals surface area contributed by atoms with Crippen LogP contribution in [0.5, 0.6) is 5.75 Å². The van der Waals surface area contributed by atoms with E-state index in [1.807, 2.05) is 6.07 Å². The molecule has 5 nitrogen and oxygen atoms in total. The van der Waals surface area contributed by atoms with Crippen molar-refractivity contribution in [1.82, 2.24) is 10.2 Å². The van der Waals surface area contributed by atoms with Crippen molar-refractivity contribution in [3.05, 3.63) is 24.3 Å². The fourth-order valence-electron chi connectivity index (χ4n) is 5.38. The number of nitrogens with zero attached hydrogens (tertiary/aromatic N) is 3. The molecule has 0 amide bonds. The molecule has 0 radical (unpaired) electrons. The van der Waals surface area contributed by atoms with E-state index < -0.39 is 0 Å². The number of nitrogens with one attached hydrogen (secondary N) is 1. The van der Waals surface area contributed by atoms with E-state index in [0.717, 1.165) is 37.9 Å². The van der Waals surface area contributed by atoms with E-state index in [-0.39, 0.29) is 0 Å². The summed E-state index contributed by atoms with van der Waals surface area (Å²) in [7, 11) is 1.76. The molecule has 0 aromatic heterocycles. The van der Waals surface area contributed by atoms with Crippen molar-refractivity contribution in [2.45, 2.75) is 45.4 Å². The highest BCUT2D eigenvalue weighted by Gasteiger charge is 2.41. The number of aliphatic imine (C=N–C) groups is 1. The first-order valence-electron chi connectivity index (χ1n) is 11.1. The molecule has 28 heavy (non-hydrogen) atoms. The summed E-state index contributed by atoms with van der Waals surface area (Å²) in [5, 5.41) is 3.56. The molecule has 5 heteroatoms. The van der Waals surface area contributed by atoms with Crippen LogP contribution in [0.3, 0.4) is 0 Å². The summed E-state index contributed by atoms with van der Waals surface area (Å²) >= 11 is 0. The van der Waals surface area contributed by atoms with Gasteiger partial charge in [-0.2, -0.15) is 0 Å². The van der Waals surface area contributed by atoms with Gasteiger partial charge in [0.2, 0.25) is 0 Å². The van der Waals surface area contributed by atoms with Gasteiger partial charge in [-0.25, -0.2) is 0 Å². The summed E-state index contributed by atoms with van der Waals surface area (Å²) in [5.74, 6) is 2.72. The maximum absolute atomic E-state index is 5.55. The van der Waals surface area contributed by atoms with Crippen LogP contribution < -0.4 is 15.0 Å². The van der Waals surface area contributed by atoms with Crippen molar-refractivity contribution in [1.29, 1.82) is 0 Å². The van der Waals surface area contributed by atoms with Gasteiger partial charge in [0.15, 0.2) is 5.96 Å². The van der Waals surface area contributed by atoms with Crippen LogP contribution in [0.2, 0.25) is 0 Å². The second kappa shape index (κ2) is 8.62. The van der Waals surface area contributed by atoms with Gasteiger partial charge in [-0.05, 0) is 56.1 Å². The van der Waals surface area contributed by atoms with Gasteiger partial charge < -0.3 is 19.9 Å². The number of rotatable bonds is 5. The predicted octanol–water partition coefficient (Wildman–Crippen LogP) is 3.75. The van der Waals surface area contributed by atoms with Crippen LogP contribution in [0, 0.1) is 11.3 Å². The molecule has 2 saturated heterocycles. The minimum absolute atomic E-state index is 0.588. The zero-order valence-corrected chi connectivity index (χ0v) is 17.6. The molecule has 1 saturated carbocycles. The van der Waals surface area contributed by atoms with Gasteiger partial charge in [-0.15, -0.1) is 0 Å². The van der Waals surface area contributed by atoms with Crippen molar-refractivity contribution < 1.29 is 4.74 Å². The average Bonchev–Trinajstić information content (AvgIpc) is 3.48. The Labute approximate surface area is 170 Å². The summed E-state index contributed by atoms with van der Waals surface area (Å²) in [6.07, 6.45) is 8.22. The molecule has 3 aliphatic rings. The van der Waals surface area contributed by atoms with Crippen molar-refractivity contribution in [3.63, 3.8) is 0 Å². The molecule has 0 bridgehead atoms. The fraction of sp³-hybridized carbons (Fsp3) is 0.696. The van der Waals surface area contributed by atoms with E-state index in [1.54, 1.807) is 7.11 Å². The Morgan fingerprint density at radius 1 is 1.21 bits per heavy atom. The van der Waals surface area contributed by atoms with E-state index in [9.17, 15) is 0 Å². The second-order valence-corrected chi connectivity index (χ2v) is 8.85. The molecule has 1 N–H and O–H groups in total. The maximum Gasteiger partial charge on any atom is 0.193 e. The first-order chi connectivity index (χ1) is 13.7. The Kier molecular flexibility index (Phi) is 5.98. The third kappa shape index (κ3) is 4.08. The first-order valence-corrected chi connectivity index (χ1v) is 11.1. The van der Waals surface area contributed by atoms with E-state index in [2.05, 4.69) is 40.2 Å². The molecule has 1 spiro atoms. The van der Waals surface area contributed by atoms with Gasteiger partial charge in [-0.3, -0.25) is 4.99 Å². The Balaban J connectivity index is 1.37. The quantitative estimate of drug-likeness (QED) is 0.620. The van der Waals surface area contributed by atoms with E-state index >= 15 is 0 Å². The first kappa shape index (κ1) is 19.4. The van der Waals surface area contributed by atoms with Crippen molar-refractivity contribution >= 4 is 11.6 Å². The van der Waals surface area contributed by atoms with Crippen LogP contribution in [0.15, 0.2) is 29.3 Å². The summed E-state index contributed by atoms with van der Waals surface area (Å²) in [6, 6.07) is 8.35. The molecule has 2 aliphatic heterocycles. The topological polar surface area (TPSA) is 40.1 Å². The van der Waals surface area contributed by atoms with Crippen LogP contribution in [-0.2, 0) is 0 Å². The Hall–Kier alpha value is -1.91. The molecule has 3 fully saturated rings. The van der Waals surface area contributed by atoms with E-state index in [0.29, 0.717) is 11.3 Å². The number of anilines is 1. The number of hydrogen-bond acceptors (Lipinski definition) is 3. The summed E-state index contributed by atoms with van der Waals surface area (Å²) in [6.45, 7) is 8.56. The molecule has 1 aliphatic carbocycles. The number of likely N-dealkylation sites (tertiary alicyclic amines) is 1. The number of guanidine groups is 1. The molecular formula is C23H36N4O. The lowest BCUT2D eigenvalue weighted by molar-refractivity contribution is 0.309. The Morgan fingerprint density at radius 3 is 2.82 bits per heavy atom. The van der Waals surface area contributed by atoms with Gasteiger partial charge in [0, 0.05) is 39.3 Å². The SMILES string of the molecule is CCNC(=NCC1CCN(c2ccccc2OC)C1)N1CCC2(CCCC2)C1. The molecule has 1 aromatic carbocycles. The minimum Gasteiger partial charge on any atom is -0.495 e. The number of para-hydroxylation sites is 2.